The molecule has 5 rings (SSSR count). The van der Waals surface area contributed by atoms with Crippen molar-refractivity contribution in [1.82, 2.24) is 5.32 Å². The van der Waals surface area contributed by atoms with Gasteiger partial charge in [0, 0.05) is 12.6 Å². The summed E-state index contributed by atoms with van der Waals surface area (Å²) in [6, 6.07) is 0.864. The maximum Gasteiger partial charge on any atom is 0.00672 e. The maximum absolute atomic E-state index is 4.01. The number of rotatable bonds is 3. The minimum Gasteiger partial charge on any atom is -0.313 e. The molecule has 2 atom stereocenters. The van der Waals surface area contributed by atoms with E-state index in [1.165, 1.54) is 38.6 Å². The highest BCUT2D eigenvalue weighted by atomic mass is 14.9. The second kappa shape index (κ2) is 5.06. The smallest absolute Gasteiger partial charge is 0.00672 e. The molecule has 2 unspecified atom stereocenters. The molecule has 0 aromatic carbocycles. The van der Waals surface area contributed by atoms with Crippen molar-refractivity contribution >= 4 is 0 Å². The topological polar surface area (TPSA) is 12.0 Å². The van der Waals surface area contributed by atoms with E-state index in [-0.39, 0.29) is 0 Å². The van der Waals surface area contributed by atoms with Gasteiger partial charge in [0.1, 0.15) is 0 Å². The lowest BCUT2D eigenvalue weighted by Gasteiger charge is -2.49. The zero-order valence-electron chi connectivity index (χ0n) is 12.5. The van der Waals surface area contributed by atoms with Crippen LogP contribution in [0.25, 0.3) is 0 Å². The van der Waals surface area contributed by atoms with Gasteiger partial charge in [-0.3, -0.25) is 0 Å². The molecule has 19 heavy (non-hydrogen) atoms. The van der Waals surface area contributed by atoms with Gasteiger partial charge in [0.15, 0.2) is 0 Å². The molecule has 5 fully saturated rings. The Morgan fingerprint density at radius 3 is 2.05 bits per heavy atom. The maximum atomic E-state index is 4.01. The second-order valence-corrected chi connectivity index (χ2v) is 8.48. The molecule has 0 heterocycles. The number of hydrogen-bond acceptors (Lipinski definition) is 1. The molecule has 5 saturated carbocycles. The van der Waals surface area contributed by atoms with Crippen LogP contribution in [0, 0.1) is 23.2 Å². The van der Waals surface area contributed by atoms with Crippen molar-refractivity contribution in [3.63, 3.8) is 0 Å². The van der Waals surface area contributed by atoms with E-state index < -0.39 is 0 Å². The van der Waals surface area contributed by atoms with Crippen LogP contribution in [-0.4, -0.2) is 12.6 Å². The molecular weight excluding hydrogens is 230 g/mol. The SMILES string of the molecule is C1CCC(NCC23CC4CCC(CC(C4)C2)C3)CC1. The van der Waals surface area contributed by atoms with E-state index in [0.29, 0.717) is 0 Å². The molecule has 0 spiro atoms. The van der Waals surface area contributed by atoms with Crippen molar-refractivity contribution in [2.24, 2.45) is 23.2 Å². The highest BCUT2D eigenvalue weighted by Crippen LogP contribution is 2.57. The first-order valence-corrected chi connectivity index (χ1v) is 9.05. The van der Waals surface area contributed by atoms with Crippen LogP contribution in [0.2, 0.25) is 0 Å². The van der Waals surface area contributed by atoms with Gasteiger partial charge in [0.05, 0.1) is 0 Å². The van der Waals surface area contributed by atoms with Crippen LogP contribution in [0.15, 0.2) is 0 Å². The van der Waals surface area contributed by atoms with Crippen LogP contribution in [0.3, 0.4) is 0 Å². The Morgan fingerprint density at radius 1 is 0.737 bits per heavy atom. The third kappa shape index (κ3) is 2.60. The minimum absolute atomic E-state index is 0.727. The third-order valence-electron chi connectivity index (χ3n) is 6.85. The summed E-state index contributed by atoms with van der Waals surface area (Å²) < 4.78 is 0. The third-order valence-corrected chi connectivity index (χ3v) is 6.85. The fourth-order valence-electron chi connectivity index (χ4n) is 6.25. The Hall–Kier alpha value is -0.0400. The first-order chi connectivity index (χ1) is 9.31. The minimum atomic E-state index is 0.727. The lowest BCUT2D eigenvalue weighted by molar-refractivity contribution is 0.0316. The van der Waals surface area contributed by atoms with Gasteiger partial charge in [0.25, 0.3) is 0 Å². The van der Waals surface area contributed by atoms with E-state index >= 15 is 0 Å². The van der Waals surface area contributed by atoms with E-state index in [1.807, 2.05) is 0 Å². The molecule has 0 amide bonds. The van der Waals surface area contributed by atoms with Gasteiger partial charge in [-0.05, 0) is 68.1 Å². The number of nitrogens with one attached hydrogen (secondary N) is 1. The van der Waals surface area contributed by atoms with Crippen LogP contribution in [0.4, 0.5) is 0 Å². The summed E-state index contributed by atoms with van der Waals surface area (Å²) in [6.07, 6.45) is 18.3. The monoisotopic (exact) mass is 261 g/mol. The van der Waals surface area contributed by atoms with Gasteiger partial charge in [-0.15, -0.1) is 0 Å². The van der Waals surface area contributed by atoms with Gasteiger partial charge in [-0.25, -0.2) is 0 Å². The van der Waals surface area contributed by atoms with E-state index in [1.54, 1.807) is 44.9 Å². The molecule has 1 nitrogen and oxygen atoms in total. The molecule has 5 aliphatic carbocycles. The van der Waals surface area contributed by atoms with E-state index in [0.717, 1.165) is 29.2 Å². The lowest BCUT2D eigenvalue weighted by Crippen LogP contribution is -2.47. The van der Waals surface area contributed by atoms with Crippen molar-refractivity contribution in [3.05, 3.63) is 0 Å². The lowest BCUT2D eigenvalue weighted by atomic mass is 9.58. The zero-order valence-corrected chi connectivity index (χ0v) is 12.5. The van der Waals surface area contributed by atoms with Crippen LogP contribution in [0.5, 0.6) is 0 Å². The average molecular weight is 261 g/mol. The molecule has 5 aliphatic rings. The van der Waals surface area contributed by atoms with Gasteiger partial charge in [0.2, 0.25) is 0 Å². The predicted molar refractivity (Wildman–Crippen MR) is 80.1 cm³/mol. The molecule has 0 aromatic heterocycles. The van der Waals surface area contributed by atoms with E-state index in [4.69, 9.17) is 0 Å². The molecule has 0 radical (unpaired) electrons. The summed E-state index contributed by atoms with van der Waals surface area (Å²) in [7, 11) is 0. The van der Waals surface area contributed by atoms with Crippen LogP contribution in [0.1, 0.15) is 77.0 Å². The van der Waals surface area contributed by atoms with E-state index in [9.17, 15) is 0 Å². The fraction of sp³-hybridized carbons (Fsp3) is 1.00. The molecule has 4 bridgehead atoms. The summed E-state index contributed by atoms with van der Waals surface area (Å²) in [5, 5.41) is 4.01. The molecule has 0 aliphatic heterocycles. The van der Waals surface area contributed by atoms with Gasteiger partial charge < -0.3 is 5.32 Å². The first kappa shape index (κ1) is 12.7. The van der Waals surface area contributed by atoms with Crippen LogP contribution >= 0.6 is 0 Å². The summed E-state index contributed by atoms with van der Waals surface area (Å²) in [4.78, 5) is 0. The Bertz CT molecular complexity index is 302. The quantitative estimate of drug-likeness (QED) is 0.788. The Kier molecular flexibility index (Phi) is 3.38. The van der Waals surface area contributed by atoms with Crippen molar-refractivity contribution in [2.45, 2.75) is 83.1 Å². The summed E-state index contributed by atoms with van der Waals surface area (Å²) in [6.45, 7) is 1.36. The van der Waals surface area contributed by atoms with Crippen molar-refractivity contribution in [2.75, 3.05) is 6.54 Å². The van der Waals surface area contributed by atoms with Crippen molar-refractivity contribution < 1.29 is 0 Å². The van der Waals surface area contributed by atoms with Crippen molar-refractivity contribution in [1.29, 1.82) is 0 Å². The average Bonchev–Trinajstić information content (AvgIpc) is 2.64. The highest BCUT2D eigenvalue weighted by molar-refractivity contribution is 5.00. The zero-order chi connectivity index (χ0) is 12.7. The number of fused-ring (bicyclic) bond motifs is 1. The second-order valence-electron chi connectivity index (χ2n) is 8.48. The van der Waals surface area contributed by atoms with Gasteiger partial charge >= 0.3 is 0 Å². The first-order valence-electron chi connectivity index (χ1n) is 9.05. The largest absolute Gasteiger partial charge is 0.313 e. The Labute approximate surface area is 118 Å². The molecular formula is C18H31N. The summed E-state index contributed by atoms with van der Waals surface area (Å²) >= 11 is 0. The Morgan fingerprint density at radius 2 is 1.37 bits per heavy atom. The molecule has 108 valence electrons. The summed E-state index contributed by atoms with van der Waals surface area (Å²) in [5.74, 6) is 3.30. The fourth-order valence-corrected chi connectivity index (χ4v) is 6.25. The predicted octanol–water partition coefficient (Wildman–Crippen LogP) is 4.52. The highest BCUT2D eigenvalue weighted by Gasteiger charge is 2.48. The molecule has 0 aromatic rings. The van der Waals surface area contributed by atoms with Gasteiger partial charge in [-0.2, -0.15) is 0 Å². The summed E-state index contributed by atoms with van der Waals surface area (Å²) in [5.41, 5.74) is 0.727. The molecule has 0 saturated heterocycles. The Balaban J connectivity index is 1.41. The van der Waals surface area contributed by atoms with Crippen molar-refractivity contribution in [3.8, 4) is 0 Å². The van der Waals surface area contributed by atoms with Crippen LogP contribution in [-0.2, 0) is 0 Å². The molecule has 1 N–H and O–H groups in total. The normalized spacial score (nSPS) is 46.4. The standard InChI is InChI=1S/C18H31N/c1-2-4-17(5-3-1)19-13-18-10-14-6-7-15(11-18)9-16(8-14)12-18/h14-17,19H,1-13H2. The molecule has 1 heteroatoms. The van der Waals surface area contributed by atoms with E-state index in [2.05, 4.69) is 5.32 Å². The number of hydrogen-bond donors (Lipinski definition) is 1. The van der Waals surface area contributed by atoms with Gasteiger partial charge in [-0.1, -0.05) is 32.1 Å². The van der Waals surface area contributed by atoms with Crippen LogP contribution < -0.4 is 5.32 Å².